The van der Waals surface area contributed by atoms with Crippen LogP contribution in [0.3, 0.4) is 0 Å². The number of ether oxygens (including phenoxy) is 1. The van der Waals surface area contributed by atoms with E-state index < -0.39 is 0 Å². The van der Waals surface area contributed by atoms with E-state index in [0.717, 1.165) is 22.2 Å². The molecule has 0 aliphatic rings. The van der Waals surface area contributed by atoms with Crippen molar-refractivity contribution in [2.24, 2.45) is 11.8 Å². The molecule has 1 atom stereocenters. The van der Waals surface area contributed by atoms with Gasteiger partial charge in [-0.15, -0.1) is 0 Å². The summed E-state index contributed by atoms with van der Waals surface area (Å²) >= 11 is 3.47. The third-order valence-corrected chi connectivity index (χ3v) is 3.19. The summed E-state index contributed by atoms with van der Waals surface area (Å²) in [5.74, 6) is 6.94. The molecule has 16 heavy (non-hydrogen) atoms. The first-order valence-electron chi connectivity index (χ1n) is 5.37. The fourth-order valence-corrected chi connectivity index (χ4v) is 2.04. The topological polar surface area (TPSA) is 47.3 Å². The number of benzene rings is 1. The monoisotopic (exact) mass is 286 g/mol. The Hall–Kier alpha value is -0.580. The first-order chi connectivity index (χ1) is 7.58. The quantitative estimate of drug-likeness (QED) is 0.646. The van der Waals surface area contributed by atoms with Gasteiger partial charge in [-0.2, -0.15) is 0 Å². The molecular weight excluding hydrogens is 268 g/mol. The van der Waals surface area contributed by atoms with Crippen LogP contribution in [0.25, 0.3) is 0 Å². The highest BCUT2D eigenvalue weighted by molar-refractivity contribution is 9.10. The molecule has 1 unspecified atom stereocenters. The van der Waals surface area contributed by atoms with E-state index in [2.05, 4.69) is 41.3 Å². The van der Waals surface area contributed by atoms with Gasteiger partial charge in [0.2, 0.25) is 0 Å². The summed E-state index contributed by atoms with van der Waals surface area (Å²) in [5, 5.41) is 0. The molecule has 0 fully saturated rings. The second-order valence-corrected chi connectivity index (χ2v) is 5.09. The van der Waals surface area contributed by atoms with E-state index in [-0.39, 0.29) is 6.04 Å². The van der Waals surface area contributed by atoms with E-state index in [4.69, 9.17) is 10.6 Å². The molecule has 1 aromatic carbocycles. The van der Waals surface area contributed by atoms with Gasteiger partial charge in [0.25, 0.3) is 0 Å². The van der Waals surface area contributed by atoms with E-state index in [1.165, 1.54) is 0 Å². The fraction of sp³-hybridized carbons (Fsp3) is 0.500. The van der Waals surface area contributed by atoms with Gasteiger partial charge in [-0.1, -0.05) is 29.8 Å². The molecule has 3 nitrogen and oxygen atoms in total. The molecule has 0 aromatic heterocycles. The van der Waals surface area contributed by atoms with Gasteiger partial charge < -0.3 is 4.74 Å². The molecule has 0 bridgehead atoms. The highest BCUT2D eigenvalue weighted by Gasteiger charge is 2.14. The van der Waals surface area contributed by atoms with Crippen molar-refractivity contribution in [3.05, 3.63) is 28.2 Å². The molecule has 90 valence electrons. The van der Waals surface area contributed by atoms with Gasteiger partial charge in [0.1, 0.15) is 5.75 Å². The lowest BCUT2D eigenvalue weighted by atomic mass is 9.96. The molecule has 3 N–H and O–H groups in total. The second kappa shape index (κ2) is 6.23. The number of nitrogens with two attached hydrogens (primary N) is 1. The van der Waals surface area contributed by atoms with Gasteiger partial charge in [-0.25, -0.2) is 0 Å². The molecule has 0 spiro atoms. The minimum Gasteiger partial charge on any atom is -0.496 e. The lowest BCUT2D eigenvalue weighted by Gasteiger charge is -2.21. The van der Waals surface area contributed by atoms with Crippen LogP contribution in [0.1, 0.15) is 19.4 Å². The molecular formula is C12H19BrN2O. The lowest BCUT2D eigenvalue weighted by molar-refractivity contribution is 0.382. The number of methoxy groups -OCH3 is 1. The Labute approximate surface area is 105 Å². The maximum absolute atomic E-state index is 5.55. The second-order valence-electron chi connectivity index (χ2n) is 4.18. The number of rotatable bonds is 5. The maximum Gasteiger partial charge on any atom is 0.122 e. The molecule has 0 saturated carbocycles. The Morgan fingerprint density at radius 2 is 2.12 bits per heavy atom. The maximum atomic E-state index is 5.55. The van der Waals surface area contributed by atoms with Gasteiger partial charge in [-0.3, -0.25) is 11.3 Å². The summed E-state index contributed by atoms with van der Waals surface area (Å²) in [6.45, 7) is 4.30. The SMILES string of the molecule is COc1ccc(Br)cc1CC(NN)C(C)C. The highest BCUT2D eigenvalue weighted by Crippen LogP contribution is 2.25. The van der Waals surface area contributed by atoms with Gasteiger partial charge in [0.05, 0.1) is 7.11 Å². The third kappa shape index (κ3) is 3.47. The van der Waals surface area contributed by atoms with Crippen LogP contribution in [0.15, 0.2) is 22.7 Å². The van der Waals surface area contributed by atoms with E-state index >= 15 is 0 Å². The average Bonchev–Trinajstić information content (AvgIpc) is 2.25. The minimum absolute atomic E-state index is 0.253. The molecule has 0 aliphatic heterocycles. The zero-order valence-corrected chi connectivity index (χ0v) is 11.5. The van der Waals surface area contributed by atoms with Crippen LogP contribution >= 0.6 is 15.9 Å². The molecule has 0 radical (unpaired) electrons. The van der Waals surface area contributed by atoms with Gasteiger partial charge in [0, 0.05) is 10.5 Å². The zero-order valence-electron chi connectivity index (χ0n) is 9.96. The van der Waals surface area contributed by atoms with Crippen molar-refractivity contribution in [3.8, 4) is 5.75 Å². The molecule has 4 heteroatoms. The van der Waals surface area contributed by atoms with Crippen molar-refractivity contribution >= 4 is 15.9 Å². The first-order valence-corrected chi connectivity index (χ1v) is 6.16. The highest BCUT2D eigenvalue weighted by atomic mass is 79.9. The van der Waals surface area contributed by atoms with Crippen molar-refractivity contribution in [1.29, 1.82) is 0 Å². The number of hydrogen-bond donors (Lipinski definition) is 2. The summed E-state index contributed by atoms with van der Waals surface area (Å²) in [6.07, 6.45) is 0.858. The van der Waals surface area contributed by atoms with Crippen LogP contribution in [0.2, 0.25) is 0 Å². The van der Waals surface area contributed by atoms with Crippen molar-refractivity contribution < 1.29 is 4.74 Å². The fourth-order valence-electron chi connectivity index (χ4n) is 1.63. The van der Waals surface area contributed by atoms with Crippen LogP contribution in [-0.2, 0) is 6.42 Å². The molecule has 0 aliphatic carbocycles. The van der Waals surface area contributed by atoms with Gasteiger partial charge >= 0.3 is 0 Å². The van der Waals surface area contributed by atoms with Crippen LogP contribution in [0.5, 0.6) is 5.75 Å². The van der Waals surface area contributed by atoms with Crippen molar-refractivity contribution in [2.45, 2.75) is 26.3 Å². The Morgan fingerprint density at radius 1 is 1.44 bits per heavy atom. The van der Waals surface area contributed by atoms with Crippen LogP contribution in [0, 0.1) is 5.92 Å². The summed E-state index contributed by atoms with van der Waals surface area (Å²) in [6, 6.07) is 6.27. The Morgan fingerprint density at radius 3 is 2.62 bits per heavy atom. The zero-order chi connectivity index (χ0) is 12.1. The van der Waals surface area contributed by atoms with Crippen LogP contribution in [-0.4, -0.2) is 13.2 Å². The predicted octanol–water partition coefficient (Wildman–Crippen LogP) is 2.49. The van der Waals surface area contributed by atoms with E-state index in [1.807, 2.05) is 12.1 Å². The molecule has 0 amide bonds. The average molecular weight is 287 g/mol. The standard InChI is InChI=1S/C12H19BrN2O/c1-8(2)11(15-14)7-9-6-10(13)4-5-12(9)16-3/h4-6,8,11,15H,7,14H2,1-3H3. The molecule has 0 heterocycles. The third-order valence-electron chi connectivity index (χ3n) is 2.70. The van der Waals surface area contributed by atoms with E-state index in [9.17, 15) is 0 Å². The Kier molecular flexibility index (Phi) is 5.25. The van der Waals surface area contributed by atoms with E-state index in [1.54, 1.807) is 7.11 Å². The van der Waals surface area contributed by atoms with Crippen molar-refractivity contribution in [1.82, 2.24) is 5.43 Å². The summed E-state index contributed by atoms with van der Waals surface area (Å²) in [4.78, 5) is 0. The summed E-state index contributed by atoms with van der Waals surface area (Å²) < 4.78 is 6.39. The number of hydrazine groups is 1. The molecule has 1 rings (SSSR count). The lowest BCUT2D eigenvalue weighted by Crippen LogP contribution is -2.40. The van der Waals surface area contributed by atoms with Gasteiger partial charge in [0.15, 0.2) is 0 Å². The normalized spacial score (nSPS) is 12.9. The Bertz CT molecular complexity index is 342. The largest absolute Gasteiger partial charge is 0.496 e. The van der Waals surface area contributed by atoms with Crippen LogP contribution in [0.4, 0.5) is 0 Å². The number of hydrogen-bond acceptors (Lipinski definition) is 3. The number of halogens is 1. The Balaban J connectivity index is 2.89. The molecule has 1 aromatic rings. The molecule has 0 saturated heterocycles. The van der Waals surface area contributed by atoms with Crippen molar-refractivity contribution in [2.75, 3.05) is 7.11 Å². The summed E-state index contributed by atoms with van der Waals surface area (Å²) in [5.41, 5.74) is 4.01. The minimum atomic E-state index is 0.253. The summed E-state index contributed by atoms with van der Waals surface area (Å²) in [7, 11) is 1.69. The van der Waals surface area contributed by atoms with Crippen LogP contribution < -0.4 is 16.0 Å². The van der Waals surface area contributed by atoms with Crippen molar-refractivity contribution in [3.63, 3.8) is 0 Å². The first kappa shape index (κ1) is 13.5. The van der Waals surface area contributed by atoms with Gasteiger partial charge in [-0.05, 0) is 36.1 Å². The van der Waals surface area contributed by atoms with E-state index in [0.29, 0.717) is 5.92 Å². The number of nitrogens with one attached hydrogen (secondary N) is 1. The smallest absolute Gasteiger partial charge is 0.122 e. The predicted molar refractivity (Wildman–Crippen MR) is 70.3 cm³/mol.